The number of phenols is 1. The van der Waals surface area contributed by atoms with Crippen molar-refractivity contribution in [1.82, 2.24) is 0 Å². The van der Waals surface area contributed by atoms with Gasteiger partial charge in [0, 0.05) is 0 Å². The van der Waals surface area contributed by atoms with Crippen molar-refractivity contribution in [2.24, 2.45) is 11.8 Å². The molecule has 154 valence electrons. The van der Waals surface area contributed by atoms with E-state index >= 15 is 0 Å². The van der Waals surface area contributed by atoms with Crippen molar-refractivity contribution in [3.05, 3.63) is 65.7 Å². The molecule has 3 aromatic carbocycles. The Bertz CT molecular complexity index is 1100. The van der Waals surface area contributed by atoms with Crippen LogP contribution in [0.3, 0.4) is 0 Å². The van der Waals surface area contributed by atoms with Gasteiger partial charge in [-0.1, -0.05) is 49.9 Å². The van der Waals surface area contributed by atoms with Crippen LogP contribution in [0.25, 0.3) is 21.9 Å². The minimum absolute atomic E-state index is 0.306. The van der Waals surface area contributed by atoms with Gasteiger partial charge in [0.25, 0.3) is 0 Å². The van der Waals surface area contributed by atoms with E-state index in [0.717, 1.165) is 39.3 Å². The van der Waals surface area contributed by atoms with Gasteiger partial charge >= 0.3 is 5.97 Å². The number of fused-ring (bicyclic) bond motifs is 2. The number of aromatic carboxylic acids is 1. The first-order valence-corrected chi connectivity index (χ1v) is 11.2. The fourth-order valence-corrected chi connectivity index (χ4v) is 5.78. The van der Waals surface area contributed by atoms with Gasteiger partial charge in [-0.05, 0) is 94.8 Å². The quantitative estimate of drug-likeness (QED) is 0.498. The molecule has 0 aliphatic heterocycles. The summed E-state index contributed by atoms with van der Waals surface area (Å²) >= 11 is 0. The third-order valence-electron chi connectivity index (χ3n) is 7.43. The van der Waals surface area contributed by atoms with Crippen molar-refractivity contribution in [3.63, 3.8) is 0 Å². The lowest BCUT2D eigenvalue weighted by Gasteiger charge is -2.39. The molecule has 2 saturated carbocycles. The maximum atomic E-state index is 11.2. The standard InChI is InChI=1S/C27H28O3/c28-26-12-11-22(16-25(26)23-9-5-17-3-1-2-4-18(17)14-23)20-6-7-21-15-24(27(29)30)10-8-19(21)13-20/h6-8,10-13,15-18,23,28H,1-5,9,14H2,(H,29,30)/t17?,18-,23-/m0/s1. The SMILES string of the molecule is O=C(O)c1ccc2cc(-c3ccc(O)c([C@H]4CCC5CCCC[C@H]5C4)c3)ccc2c1. The van der Waals surface area contributed by atoms with Crippen molar-refractivity contribution in [1.29, 1.82) is 0 Å². The highest BCUT2D eigenvalue weighted by atomic mass is 16.4. The van der Waals surface area contributed by atoms with Gasteiger partial charge in [0.1, 0.15) is 5.75 Å². The van der Waals surface area contributed by atoms with E-state index in [1.54, 1.807) is 12.1 Å². The molecule has 3 aromatic rings. The zero-order chi connectivity index (χ0) is 20.7. The highest BCUT2D eigenvalue weighted by Gasteiger charge is 2.33. The van der Waals surface area contributed by atoms with Crippen LogP contribution in [-0.2, 0) is 0 Å². The summed E-state index contributed by atoms with van der Waals surface area (Å²) in [5, 5.41) is 21.8. The van der Waals surface area contributed by atoms with Crippen LogP contribution in [0.5, 0.6) is 5.75 Å². The molecule has 0 saturated heterocycles. The lowest BCUT2D eigenvalue weighted by atomic mass is 9.66. The Hall–Kier alpha value is -2.81. The van der Waals surface area contributed by atoms with Gasteiger partial charge in [-0.15, -0.1) is 0 Å². The molecule has 3 atom stereocenters. The molecule has 3 nitrogen and oxygen atoms in total. The van der Waals surface area contributed by atoms with Crippen molar-refractivity contribution in [3.8, 4) is 16.9 Å². The zero-order valence-electron chi connectivity index (χ0n) is 17.2. The first kappa shape index (κ1) is 19.2. The summed E-state index contributed by atoms with van der Waals surface area (Å²) in [7, 11) is 0. The van der Waals surface area contributed by atoms with Gasteiger partial charge in [0.15, 0.2) is 0 Å². The van der Waals surface area contributed by atoms with E-state index < -0.39 is 5.97 Å². The number of carboxylic acids is 1. The molecule has 5 rings (SSSR count). The average molecular weight is 401 g/mol. The van der Waals surface area contributed by atoms with E-state index in [-0.39, 0.29) is 0 Å². The van der Waals surface area contributed by atoms with E-state index in [2.05, 4.69) is 12.1 Å². The lowest BCUT2D eigenvalue weighted by Crippen LogP contribution is -2.26. The molecule has 3 heteroatoms. The summed E-state index contributed by atoms with van der Waals surface area (Å²) in [6.45, 7) is 0. The number of carbonyl (C=O) groups is 1. The molecule has 2 N–H and O–H groups in total. The summed E-state index contributed by atoms with van der Waals surface area (Å²) in [5.74, 6) is 1.69. The van der Waals surface area contributed by atoms with Crippen LogP contribution in [-0.4, -0.2) is 16.2 Å². The predicted molar refractivity (Wildman–Crippen MR) is 120 cm³/mol. The van der Waals surface area contributed by atoms with Crippen LogP contribution in [0.2, 0.25) is 0 Å². The monoisotopic (exact) mass is 400 g/mol. The number of rotatable bonds is 3. The maximum absolute atomic E-state index is 11.2. The van der Waals surface area contributed by atoms with E-state index in [1.165, 1.54) is 44.9 Å². The fraction of sp³-hybridized carbons (Fsp3) is 0.370. The van der Waals surface area contributed by atoms with Gasteiger partial charge in [0.05, 0.1) is 5.56 Å². The number of hydrogen-bond donors (Lipinski definition) is 2. The Kier molecular flexibility index (Phi) is 4.98. The van der Waals surface area contributed by atoms with Crippen molar-refractivity contribution >= 4 is 16.7 Å². The molecule has 0 spiro atoms. The predicted octanol–water partition coefficient (Wildman–Crippen LogP) is 6.98. The topological polar surface area (TPSA) is 57.5 Å². The third kappa shape index (κ3) is 3.58. The molecule has 0 aromatic heterocycles. The van der Waals surface area contributed by atoms with Gasteiger partial charge in [0.2, 0.25) is 0 Å². The molecule has 0 bridgehead atoms. The summed E-state index contributed by atoms with van der Waals surface area (Å²) < 4.78 is 0. The third-order valence-corrected chi connectivity index (χ3v) is 7.43. The average Bonchev–Trinajstić information content (AvgIpc) is 2.78. The first-order valence-electron chi connectivity index (χ1n) is 11.2. The molecular formula is C27H28O3. The number of aromatic hydroxyl groups is 1. The van der Waals surface area contributed by atoms with Gasteiger partial charge in [-0.25, -0.2) is 4.79 Å². The minimum Gasteiger partial charge on any atom is -0.508 e. The number of benzene rings is 3. The summed E-state index contributed by atoms with van der Waals surface area (Å²) in [6.07, 6.45) is 9.17. The zero-order valence-corrected chi connectivity index (χ0v) is 17.2. The smallest absolute Gasteiger partial charge is 0.335 e. The van der Waals surface area contributed by atoms with Crippen LogP contribution in [0, 0.1) is 11.8 Å². The van der Waals surface area contributed by atoms with Crippen molar-refractivity contribution in [2.75, 3.05) is 0 Å². The second-order valence-corrected chi connectivity index (χ2v) is 9.17. The Labute approximate surface area is 177 Å². The second kappa shape index (κ2) is 7.79. The van der Waals surface area contributed by atoms with Crippen LogP contribution in [0.1, 0.15) is 66.8 Å². The van der Waals surface area contributed by atoms with Crippen molar-refractivity contribution in [2.45, 2.75) is 50.9 Å². The largest absolute Gasteiger partial charge is 0.508 e. The summed E-state index contributed by atoms with van der Waals surface area (Å²) in [6, 6.07) is 17.4. The number of carboxylic acid groups (broad SMARTS) is 1. The number of phenolic OH excluding ortho intramolecular Hbond substituents is 1. The van der Waals surface area contributed by atoms with E-state index in [4.69, 9.17) is 0 Å². The molecular weight excluding hydrogens is 372 g/mol. The van der Waals surface area contributed by atoms with Crippen LogP contribution in [0.15, 0.2) is 54.6 Å². The molecule has 2 fully saturated rings. The van der Waals surface area contributed by atoms with Crippen LogP contribution >= 0.6 is 0 Å². The number of hydrogen-bond acceptors (Lipinski definition) is 2. The van der Waals surface area contributed by atoms with Crippen LogP contribution in [0.4, 0.5) is 0 Å². The molecule has 2 aliphatic rings. The lowest BCUT2D eigenvalue weighted by molar-refractivity contribution is 0.0697. The Balaban J connectivity index is 1.45. The van der Waals surface area contributed by atoms with Gasteiger partial charge in [-0.2, -0.15) is 0 Å². The maximum Gasteiger partial charge on any atom is 0.335 e. The van der Waals surface area contributed by atoms with E-state index in [0.29, 0.717) is 17.2 Å². The molecule has 0 radical (unpaired) electrons. The Morgan fingerprint density at radius 1 is 0.767 bits per heavy atom. The van der Waals surface area contributed by atoms with Gasteiger partial charge in [-0.3, -0.25) is 0 Å². The Morgan fingerprint density at radius 3 is 2.30 bits per heavy atom. The van der Waals surface area contributed by atoms with E-state index in [1.807, 2.05) is 30.3 Å². The highest BCUT2D eigenvalue weighted by molar-refractivity contribution is 5.95. The Morgan fingerprint density at radius 2 is 1.47 bits per heavy atom. The highest BCUT2D eigenvalue weighted by Crippen LogP contribution is 2.48. The first-order chi connectivity index (χ1) is 14.6. The fourth-order valence-electron chi connectivity index (χ4n) is 5.78. The molecule has 0 amide bonds. The molecule has 2 aliphatic carbocycles. The summed E-state index contributed by atoms with van der Waals surface area (Å²) in [4.78, 5) is 11.2. The molecule has 30 heavy (non-hydrogen) atoms. The molecule has 1 unspecified atom stereocenters. The second-order valence-electron chi connectivity index (χ2n) is 9.17. The van der Waals surface area contributed by atoms with Crippen LogP contribution < -0.4 is 0 Å². The minimum atomic E-state index is -0.906. The van der Waals surface area contributed by atoms with Crippen molar-refractivity contribution < 1.29 is 15.0 Å². The molecule has 0 heterocycles. The normalized spacial score (nSPS) is 23.8. The van der Waals surface area contributed by atoms with Gasteiger partial charge < -0.3 is 10.2 Å². The van der Waals surface area contributed by atoms with E-state index in [9.17, 15) is 15.0 Å². The summed E-state index contributed by atoms with van der Waals surface area (Å²) in [5.41, 5.74) is 3.61.